The lowest BCUT2D eigenvalue weighted by atomic mass is 10.1. The van der Waals surface area contributed by atoms with Gasteiger partial charge in [-0.25, -0.2) is 0 Å². The molecule has 1 saturated heterocycles. The summed E-state index contributed by atoms with van der Waals surface area (Å²) in [5.74, 6) is 1.73. The van der Waals surface area contributed by atoms with Crippen molar-refractivity contribution in [1.82, 2.24) is 19.6 Å². The van der Waals surface area contributed by atoms with Crippen molar-refractivity contribution < 1.29 is 68.1 Å². The Hall–Kier alpha value is -2.27. The summed E-state index contributed by atoms with van der Waals surface area (Å²) in [6.45, 7) is 25.6. The lowest BCUT2D eigenvalue weighted by Gasteiger charge is -2.34. The van der Waals surface area contributed by atoms with Crippen molar-refractivity contribution in [2.24, 2.45) is 11.8 Å². The molecule has 81 heavy (non-hydrogen) atoms. The van der Waals surface area contributed by atoms with E-state index in [1.165, 1.54) is 0 Å². The Kier molecular flexibility index (Phi) is 47.3. The number of carbonyl (C=O) groups excluding carboxylic acids is 5. The molecule has 0 radical (unpaired) electrons. The van der Waals surface area contributed by atoms with Gasteiger partial charge in [-0.2, -0.15) is 0 Å². The first-order valence-electron chi connectivity index (χ1n) is 31.6. The zero-order valence-corrected chi connectivity index (χ0v) is 53.5. The van der Waals surface area contributed by atoms with Gasteiger partial charge in [-0.15, -0.1) is 0 Å². The summed E-state index contributed by atoms with van der Waals surface area (Å²) in [6.07, 6.45) is 10.4. The van der Waals surface area contributed by atoms with Crippen LogP contribution in [0.3, 0.4) is 0 Å². The fourth-order valence-corrected chi connectivity index (χ4v) is 11.5. The first-order chi connectivity index (χ1) is 38.8. The van der Waals surface area contributed by atoms with E-state index in [-0.39, 0.29) is 74.4 Å². The zero-order valence-electron chi connectivity index (χ0n) is 51.9. The Labute approximate surface area is 498 Å². The van der Waals surface area contributed by atoms with Crippen LogP contribution >= 0.6 is 21.6 Å². The second-order valence-corrected chi connectivity index (χ2v) is 25.8. The maximum Gasteiger partial charge on any atom is 0.306 e. The third-order valence-corrected chi connectivity index (χ3v) is 17.1. The van der Waals surface area contributed by atoms with Crippen molar-refractivity contribution >= 4 is 51.4 Å². The number of unbranched alkanes of at least 4 members (excludes halogenated alkanes) is 2. The molecule has 1 heterocycles. The average molecular weight is 1190 g/mol. The minimum atomic E-state index is -0.729. The number of aliphatic hydroxyl groups excluding tert-OH is 4. The van der Waals surface area contributed by atoms with E-state index in [4.69, 9.17) is 23.7 Å². The first kappa shape index (κ1) is 76.7. The third kappa shape index (κ3) is 44.8. The van der Waals surface area contributed by atoms with E-state index in [1.54, 1.807) is 0 Å². The molecular formula is C61H116N4O14S2. The van der Waals surface area contributed by atoms with Gasteiger partial charge in [0.15, 0.2) is 0 Å². The van der Waals surface area contributed by atoms with E-state index in [0.717, 1.165) is 109 Å². The Balaban J connectivity index is 2.48. The maximum atomic E-state index is 12.8. The highest BCUT2D eigenvalue weighted by Crippen LogP contribution is 2.23. The second-order valence-electron chi connectivity index (χ2n) is 23.1. The molecule has 0 spiro atoms. The highest BCUT2D eigenvalue weighted by atomic mass is 33.1. The van der Waals surface area contributed by atoms with Crippen LogP contribution in [0, 0.1) is 11.8 Å². The zero-order chi connectivity index (χ0) is 60.0. The molecule has 0 saturated carbocycles. The van der Waals surface area contributed by atoms with Crippen LogP contribution in [-0.4, -0.2) is 216 Å². The lowest BCUT2D eigenvalue weighted by Crippen LogP contribution is -2.47. The van der Waals surface area contributed by atoms with Crippen LogP contribution in [0.25, 0.3) is 0 Å². The summed E-state index contributed by atoms with van der Waals surface area (Å²) in [7, 11) is 3.72. The van der Waals surface area contributed by atoms with Crippen molar-refractivity contribution in [2.45, 2.75) is 240 Å². The first-order valence-corrected chi connectivity index (χ1v) is 34.1. The number of hydrogen-bond acceptors (Lipinski definition) is 20. The SMILES string of the molecule is CCC(CC)OC(=O)CCCC(O)CN(CCCC(=O)OCCN1CCN(CCSSCCCN(CC(O)CCCCC(=O)OCCC(C)C)CC(O)CCCCC(=O)OCCC(C)C)CC1)CC(O)CCCC(=O)OC(CC)CC. The monoisotopic (exact) mass is 1190 g/mol. The van der Waals surface area contributed by atoms with Crippen LogP contribution < -0.4 is 0 Å². The largest absolute Gasteiger partial charge is 0.466 e. The van der Waals surface area contributed by atoms with Crippen molar-refractivity contribution in [3.63, 3.8) is 0 Å². The molecule has 0 aromatic rings. The number of piperazine rings is 1. The minimum absolute atomic E-state index is 0.0941. The Morgan fingerprint density at radius 1 is 0.420 bits per heavy atom. The summed E-state index contributed by atoms with van der Waals surface area (Å²) < 4.78 is 27.3. The van der Waals surface area contributed by atoms with Gasteiger partial charge in [0.05, 0.1) is 37.6 Å². The van der Waals surface area contributed by atoms with Gasteiger partial charge >= 0.3 is 29.8 Å². The molecule has 18 nitrogen and oxygen atoms in total. The molecule has 4 N–H and O–H groups in total. The van der Waals surface area contributed by atoms with Gasteiger partial charge in [0.1, 0.15) is 18.8 Å². The van der Waals surface area contributed by atoms with E-state index in [9.17, 15) is 44.4 Å². The summed E-state index contributed by atoms with van der Waals surface area (Å²) in [6, 6.07) is 0. The second kappa shape index (κ2) is 49.9. The molecule has 20 heteroatoms. The number of carbonyl (C=O) groups is 5. The predicted molar refractivity (Wildman–Crippen MR) is 326 cm³/mol. The molecule has 1 aliphatic heterocycles. The van der Waals surface area contributed by atoms with Gasteiger partial charge < -0.3 is 44.1 Å². The number of hydrogen-bond donors (Lipinski definition) is 4. The maximum absolute atomic E-state index is 12.8. The van der Waals surface area contributed by atoms with Crippen molar-refractivity contribution in [2.75, 3.05) is 110 Å². The highest BCUT2D eigenvalue weighted by Gasteiger charge is 2.22. The predicted octanol–water partition coefficient (Wildman–Crippen LogP) is 8.85. The lowest BCUT2D eigenvalue weighted by molar-refractivity contribution is -0.150. The molecule has 476 valence electrons. The third-order valence-electron chi connectivity index (χ3n) is 14.6. The molecular weight excluding hydrogens is 1080 g/mol. The van der Waals surface area contributed by atoms with Crippen LogP contribution in [0.4, 0.5) is 0 Å². The van der Waals surface area contributed by atoms with Gasteiger partial charge in [0.2, 0.25) is 0 Å². The van der Waals surface area contributed by atoms with Crippen LogP contribution in [-0.2, 0) is 47.7 Å². The molecule has 0 aliphatic carbocycles. The molecule has 1 aliphatic rings. The number of ether oxygens (including phenoxy) is 5. The molecule has 0 amide bonds. The quantitative estimate of drug-likeness (QED) is 0.0193. The van der Waals surface area contributed by atoms with Gasteiger partial charge in [-0.1, -0.05) is 89.8 Å². The van der Waals surface area contributed by atoms with Gasteiger partial charge in [0, 0.05) is 109 Å². The van der Waals surface area contributed by atoms with E-state index in [1.807, 2.05) is 54.2 Å². The molecule has 0 bridgehead atoms. The Morgan fingerprint density at radius 3 is 1.17 bits per heavy atom. The van der Waals surface area contributed by atoms with Gasteiger partial charge in [-0.05, 0) is 128 Å². The highest BCUT2D eigenvalue weighted by molar-refractivity contribution is 8.76. The topological polar surface area (TPSA) is 225 Å². The molecule has 0 aromatic heterocycles. The van der Waals surface area contributed by atoms with Crippen molar-refractivity contribution in [3.8, 4) is 0 Å². The van der Waals surface area contributed by atoms with Gasteiger partial charge in [-0.3, -0.25) is 43.6 Å². The number of rotatable bonds is 53. The van der Waals surface area contributed by atoms with Crippen molar-refractivity contribution in [3.05, 3.63) is 0 Å². The minimum Gasteiger partial charge on any atom is -0.466 e. The summed E-state index contributed by atoms with van der Waals surface area (Å²) in [4.78, 5) is 70.6. The normalized spacial score (nSPS) is 15.0. The van der Waals surface area contributed by atoms with Crippen LogP contribution in [0.2, 0.25) is 0 Å². The molecule has 1 rings (SSSR count). The standard InChI is InChI=1S/C61H116N4O14S2/c1-9-55(10-2)78-60(73)27-17-23-53(68)47-64(48-54(69)24-18-28-61(74)79-56(11-3)12-4)32-19-29-59(72)77-42-38-62-34-36-63(37-35-62)39-44-81-80-43-20-33-65(45-51(66)21-13-15-25-57(70)75-40-30-49(5)6)46-52(67)22-14-16-26-58(71)76-41-31-50(7)8/h49-56,66-69H,9-48H2,1-8H3. The van der Waals surface area contributed by atoms with E-state index in [0.29, 0.717) is 128 Å². The van der Waals surface area contributed by atoms with E-state index < -0.39 is 24.4 Å². The molecule has 4 atom stereocenters. The molecule has 4 unspecified atom stereocenters. The van der Waals surface area contributed by atoms with E-state index >= 15 is 0 Å². The Morgan fingerprint density at radius 2 is 0.765 bits per heavy atom. The van der Waals surface area contributed by atoms with Crippen LogP contribution in [0.1, 0.15) is 203 Å². The summed E-state index contributed by atoms with van der Waals surface area (Å²) >= 11 is 0. The van der Waals surface area contributed by atoms with Crippen LogP contribution in [0.5, 0.6) is 0 Å². The fraction of sp³-hybridized carbons (Fsp3) is 0.918. The Bertz CT molecular complexity index is 1510. The smallest absolute Gasteiger partial charge is 0.306 e. The number of aliphatic hydroxyl groups is 4. The van der Waals surface area contributed by atoms with Gasteiger partial charge in [0.25, 0.3) is 0 Å². The fourth-order valence-electron chi connectivity index (χ4n) is 9.37. The summed E-state index contributed by atoms with van der Waals surface area (Å²) in [5.41, 5.74) is 0. The summed E-state index contributed by atoms with van der Waals surface area (Å²) in [5, 5.41) is 43.8. The molecule has 1 fully saturated rings. The number of nitrogens with zero attached hydrogens (tertiary/aromatic N) is 4. The molecule has 0 aromatic carbocycles. The number of esters is 5. The van der Waals surface area contributed by atoms with E-state index in [2.05, 4.69) is 42.4 Å². The average Bonchev–Trinajstić information content (AvgIpc) is 3.41. The van der Waals surface area contributed by atoms with Crippen LogP contribution in [0.15, 0.2) is 0 Å². The van der Waals surface area contributed by atoms with Crippen molar-refractivity contribution in [1.29, 1.82) is 0 Å².